The van der Waals surface area contributed by atoms with Crippen LogP contribution in [-0.2, 0) is 6.42 Å². The number of fused-ring (bicyclic) bond motifs is 1. The zero-order valence-electron chi connectivity index (χ0n) is 12.5. The van der Waals surface area contributed by atoms with Gasteiger partial charge in [0.2, 0.25) is 0 Å². The van der Waals surface area contributed by atoms with Crippen molar-refractivity contribution in [2.45, 2.75) is 13.3 Å². The standard InChI is InChI=1S/C16H17N3O3/c1-10-13(7-8-20)16(21)19-15(17-10)9-14(18-19)11-3-5-12(22-2)6-4-11/h3-6,9,18,20H,7-8H2,1-2H3. The lowest BCUT2D eigenvalue weighted by molar-refractivity contribution is 0.298. The van der Waals surface area contributed by atoms with Gasteiger partial charge in [0, 0.05) is 30.4 Å². The average molecular weight is 299 g/mol. The van der Waals surface area contributed by atoms with Gasteiger partial charge in [-0.15, -0.1) is 0 Å². The van der Waals surface area contributed by atoms with Gasteiger partial charge in [-0.1, -0.05) is 0 Å². The van der Waals surface area contributed by atoms with Crippen LogP contribution < -0.4 is 10.3 Å². The monoisotopic (exact) mass is 299 g/mol. The Morgan fingerprint density at radius 1 is 1.32 bits per heavy atom. The summed E-state index contributed by atoms with van der Waals surface area (Å²) in [6, 6.07) is 9.38. The van der Waals surface area contributed by atoms with Crippen molar-refractivity contribution in [2.24, 2.45) is 0 Å². The lowest BCUT2D eigenvalue weighted by Gasteiger charge is -2.03. The largest absolute Gasteiger partial charge is 0.497 e. The van der Waals surface area contributed by atoms with Gasteiger partial charge in [-0.25, -0.2) is 9.50 Å². The van der Waals surface area contributed by atoms with Gasteiger partial charge >= 0.3 is 0 Å². The highest BCUT2D eigenvalue weighted by Crippen LogP contribution is 2.21. The number of aromatic nitrogens is 3. The van der Waals surface area contributed by atoms with E-state index in [1.807, 2.05) is 30.3 Å². The Labute approximate surface area is 127 Å². The van der Waals surface area contributed by atoms with Gasteiger partial charge in [0.15, 0.2) is 5.65 Å². The highest BCUT2D eigenvalue weighted by atomic mass is 16.5. The molecule has 1 aromatic carbocycles. The topological polar surface area (TPSA) is 79.6 Å². The molecule has 0 aliphatic rings. The predicted octanol–water partition coefficient (Wildman–Crippen LogP) is 1.54. The number of H-pyrrole nitrogens is 1. The number of rotatable bonds is 4. The predicted molar refractivity (Wildman–Crippen MR) is 83.3 cm³/mol. The van der Waals surface area contributed by atoms with Crippen LogP contribution in [0.4, 0.5) is 0 Å². The molecular weight excluding hydrogens is 282 g/mol. The molecule has 6 heteroatoms. The molecule has 3 rings (SSSR count). The van der Waals surface area contributed by atoms with E-state index < -0.39 is 0 Å². The number of nitrogens with one attached hydrogen (secondary N) is 1. The van der Waals surface area contributed by atoms with Crippen molar-refractivity contribution in [2.75, 3.05) is 13.7 Å². The minimum atomic E-state index is -0.170. The van der Waals surface area contributed by atoms with Crippen molar-refractivity contribution in [3.05, 3.63) is 51.9 Å². The van der Waals surface area contributed by atoms with E-state index in [4.69, 9.17) is 9.84 Å². The van der Waals surface area contributed by atoms with Crippen LogP contribution in [0, 0.1) is 6.92 Å². The summed E-state index contributed by atoms with van der Waals surface area (Å²) in [5.41, 5.74) is 3.31. The highest BCUT2D eigenvalue weighted by molar-refractivity contribution is 5.64. The van der Waals surface area contributed by atoms with Crippen molar-refractivity contribution in [3.8, 4) is 17.0 Å². The number of methoxy groups -OCH3 is 1. The lowest BCUT2D eigenvalue weighted by atomic mass is 10.1. The zero-order valence-corrected chi connectivity index (χ0v) is 12.5. The van der Waals surface area contributed by atoms with E-state index in [0.29, 0.717) is 23.3 Å². The fraction of sp³-hybridized carbons (Fsp3) is 0.250. The van der Waals surface area contributed by atoms with Crippen molar-refractivity contribution in [1.82, 2.24) is 14.6 Å². The summed E-state index contributed by atoms with van der Waals surface area (Å²) in [5.74, 6) is 0.774. The number of benzene rings is 1. The molecule has 6 nitrogen and oxygen atoms in total. The molecule has 2 aromatic heterocycles. The maximum Gasteiger partial charge on any atom is 0.276 e. The second-order valence-corrected chi connectivity index (χ2v) is 5.05. The van der Waals surface area contributed by atoms with Crippen LogP contribution in [0.15, 0.2) is 35.1 Å². The zero-order chi connectivity index (χ0) is 15.7. The van der Waals surface area contributed by atoms with E-state index in [1.54, 1.807) is 14.0 Å². The van der Waals surface area contributed by atoms with E-state index in [0.717, 1.165) is 17.0 Å². The first-order chi connectivity index (χ1) is 10.6. The number of nitrogens with zero attached hydrogens (tertiary/aromatic N) is 2. The first-order valence-electron chi connectivity index (χ1n) is 7.00. The highest BCUT2D eigenvalue weighted by Gasteiger charge is 2.12. The van der Waals surface area contributed by atoms with Crippen LogP contribution in [0.1, 0.15) is 11.3 Å². The third-order valence-corrected chi connectivity index (χ3v) is 3.68. The first-order valence-corrected chi connectivity index (χ1v) is 7.00. The Hall–Kier alpha value is -2.60. The quantitative estimate of drug-likeness (QED) is 0.766. The van der Waals surface area contributed by atoms with Gasteiger partial charge in [0.05, 0.1) is 12.8 Å². The third kappa shape index (κ3) is 2.37. The van der Waals surface area contributed by atoms with Gasteiger partial charge in [0.25, 0.3) is 5.56 Å². The molecule has 114 valence electrons. The summed E-state index contributed by atoms with van der Waals surface area (Å²) in [5, 5.41) is 12.1. The van der Waals surface area contributed by atoms with E-state index in [2.05, 4.69) is 10.1 Å². The van der Waals surface area contributed by atoms with E-state index >= 15 is 0 Å². The summed E-state index contributed by atoms with van der Waals surface area (Å²) in [7, 11) is 1.62. The molecule has 0 radical (unpaired) electrons. The maximum absolute atomic E-state index is 12.4. The fourth-order valence-electron chi connectivity index (χ4n) is 2.49. The fourth-order valence-corrected chi connectivity index (χ4v) is 2.49. The summed E-state index contributed by atoms with van der Waals surface area (Å²) in [4.78, 5) is 16.9. The molecule has 0 atom stereocenters. The molecule has 0 unspecified atom stereocenters. The molecule has 0 saturated heterocycles. The minimum absolute atomic E-state index is 0.0735. The Morgan fingerprint density at radius 3 is 2.68 bits per heavy atom. The summed E-state index contributed by atoms with van der Waals surface area (Å²) in [6.07, 6.45) is 0.303. The number of aromatic amines is 1. The molecule has 2 heterocycles. The van der Waals surface area contributed by atoms with Crippen LogP contribution >= 0.6 is 0 Å². The Balaban J connectivity index is 2.13. The van der Waals surface area contributed by atoms with Crippen molar-refractivity contribution >= 4 is 5.65 Å². The van der Waals surface area contributed by atoms with Crippen molar-refractivity contribution in [3.63, 3.8) is 0 Å². The second-order valence-electron chi connectivity index (χ2n) is 5.05. The number of aryl methyl sites for hydroxylation is 1. The molecule has 0 aliphatic heterocycles. The average Bonchev–Trinajstić information content (AvgIpc) is 2.95. The third-order valence-electron chi connectivity index (χ3n) is 3.68. The Bertz CT molecular complexity index is 863. The van der Waals surface area contributed by atoms with Crippen LogP contribution in [0.25, 0.3) is 16.9 Å². The Morgan fingerprint density at radius 2 is 2.05 bits per heavy atom. The molecule has 0 fully saturated rings. The van der Waals surface area contributed by atoms with Gasteiger partial charge in [-0.3, -0.25) is 9.89 Å². The molecule has 0 amide bonds. The molecular formula is C16H17N3O3. The Kier molecular flexibility index (Phi) is 3.68. The minimum Gasteiger partial charge on any atom is -0.497 e. The summed E-state index contributed by atoms with van der Waals surface area (Å²) >= 11 is 0. The SMILES string of the molecule is COc1ccc(-c2cc3nc(C)c(CCO)c(=O)n3[nH]2)cc1. The van der Waals surface area contributed by atoms with Gasteiger partial charge in [0.1, 0.15) is 5.75 Å². The summed E-state index contributed by atoms with van der Waals surface area (Å²) in [6.45, 7) is 1.71. The van der Waals surface area contributed by atoms with E-state index in [9.17, 15) is 4.79 Å². The second kappa shape index (κ2) is 5.65. The van der Waals surface area contributed by atoms with E-state index in [-0.39, 0.29) is 12.2 Å². The molecule has 22 heavy (non-hydrogen) atoms. The maximum atomic E-state index is 12.4. The van der Waals surface area contributed by atoms with Crippen molar-refractivity contribution in [1.29, 1.82) is 0 Å². The smallest absolute Gasteiger partial charge is 0.276 e. The first kappa shape index (κ1) is 14.3. The van der Waals surface area contributed by atoms with Crippen LogP contribution in [-0.4, -0.2) is 33.4 Å². The number of aliphatic hydroxyl groups is 1. The number of ether oxygens (including phenoxy) is 1. The molecule has 0 spiro atoms. The lowest BCUT2D eigenvalue weighted by Crippen LogP contribution is -2.22. The molecule has 0 bridgehead atoms. The summed E-state index contributed by atoms with van der Waals surface area (Å²) < 4.78 is 6.55. The normalized spacial score (nSPS) is 11.0. The van der Waals surface area contributed by atoms with Crippen LogP contribution in [0.2, 0.25) is 0 Å². The van der Waals surface area contributed by atoms with Gasteiger partial charge in [-0.05, 0) is 36.8 Å². The molecule has 2 N–H and O–H groups in total. The molecule has 0 saturated carbocycles. The van der Waals surface area contributed by atoms with Gasteiger partial charge in [-0.2, -0.15) is 0 Å². The number of hydrogen-bond donors (Lipinski definition) is 2. The molecule has 0 aliphatic carbocycles. The number of aliphatic hydroxyl groups excluding tert-OH is 1. The van der Waals surface area contributed by atoms with Gasteiger partial charge < -0.3 is 9.84 Å². The van der Waals surface area contributed by atoms with Crippen LogP contribution in [0.5, 0.6) is 5.75 Å². The van der Waals surface area contributed by atoms with Crippen LogP contribution in [0.3, 0.4) is 0 Å². The van der Waals surface area contributed by atoms with E-state index in [1.165, 1.54) is 4.52 Å². The molecule has 3 aromatic rings. The number of hydrogen-bond acceptors (Lipinski definition) is 4. The van der Waals surface area contributed by atoms with Crippen molar-refractivity contribution < 1.29 is 9.84 Å².